The molecule has 2 rings (SSSR count). The van der Waals surface area contributed by atoms with Gasteiger partial charge in [-0.3, -0.25) is 4.98 Å². The van der Waals surface area contributed by atoms with Crippen molar-refractivity contribution in [3.63, 3.8) is 0 Å². The molecule has 1 aliphatic carbocycles. The van der Waals surface area contributed by atoms with Crippen LogP contribution in [0.1, 0.15) is 17.8 Å². The van der Waals surface area contributed by atoms with Crippen molar-refractivity contribution < 1.29 is 0 Å². The van der Waals surface area contributed by atoms with Crippen molar-refractivity contribution in [2.75, 3.05) is 0 Å². The first-order valence-electron chi connectivity index (χ1n) is 4.83. The molecule has 0 radical (unpaired) electrons. The van der Waals surface area contributed by atoms with Crippen LogP contribution < -0.4 is 0 Å². The summed E-state index contributed by atoms with van der Waals surface area (Å²) in [6, 6.07) is 6.13. The summed E-state index contributed by atoms with van der Waals surface area (Å²) in [5, 5.41) is 0. The van der Waals surface area contributed by atoms with Gasteiger partial charge in [0.25, 0.3) is 0 Å². The van der Waals surface area contributed by atoms with E-state index in [9.17, 15) is 0 Å². The summed E-state index contributed by atoms with van der Waals surface area (Å²) in [5.41, 5.74) is 3.43. The van der Waals surface area contributed by atoms with E-state index >= 15 is 0 Å². The predicted molar refractivity (Wildman–Crippen MR) is 59.8 cm³/mol. The molecule has 0 spiro atoms. The Morgan fingerprint density at radius 1 is 1.14 bits per heavy atom. The molecule has 1 aliphatic rings. The Balaban J connectivity index is 2.35. The maximum absolute atomic E-state index is 4.50. The number of rotatable bonds is 1. The zero-order valence-corrected chi connectivity index (χ0v) is 8.27. The highest BCUT2D eigenvalue weighted by Crippen LogP contribution is 2.18. The highest BCUT2D eigenvalue weighted by molar-refractivity contribution is 5.66. The third-order valence-corrected chi connectivity index (χ3v) is 2.21. The molecule has 14 heavy (non-hydrogen) atoms. The molecule has 1 aromatic rings. The summed E-state index contributed by atoms with van der Waals surface area (Å²) in [7, 11) is 0. The molecule has 70 valence electrons. The van der Waals surface area contributed by atoms with Crippen molar-refractivity contribution in [1.29, 1.82) is 0 Å². The molecule has 0 N–H and O–H groups in total. The lowest BCUT2D eigenvalue weighted by Crippen LogP contribution is -1.90. The third kappa shape index (κ3) is 1.99. The molecule has 1 heterocycles. The topological polar surface area (TPSA) is 12.9 Å². The minimum atomic E-state index is 0.962. The first-order valence-corrected chi connectivity index (χ1v) is 4.83. The molecule has 0 unspecified atom stereocenters. The number of hydrogen-bond donors (Lipinski definition) is 0. The van der Waals surface area contributed by atoms with Gasteiger partial charge in [0.05, 0.1) is 5.69 Å². The lowest BCUT2D eigenvalue weighted by molar-refractivity contribution is 1.15. The van der Waals surface area contributed by atoms with Crippen molar-refractivity contribution >= 4 is 5.57 Å². The molecule has 0 saturated carbocycles. The highest BCUT2D eigenvalue weighted by Gasteiger charge is 2.01. The lowest BCUT2D eigenvalue weighted by atomic mass is 10.1. The predicted octanol–water partition coefficient (Wildman–Crippen LogP) is 3.29. The van der Waals surface area contributed by atoms with Gasteiger partial charge in [-0.05, 0) is 31.1 Å². The van der Waals surface area contributed by atoms with Gasteiger partial charge in [0, 0.05) is 5.69 Å². The Morgan fingerprint density at radius 2 is 2.07 bits per heavy atom. The van der Waals surface area contributed by atoms with Gasteiger partial charge in [0.1, 0.15) is 0 Å². The Hall–Kier alpha value is -1.63. The standard InChI is InChI=1S/C13H13N/c1-11-7-6-10-13(14-11)12-8-4-2-3-5-9-12/h2-8,10H,9H2,1H3. The summed E-state index contributed by atoms with van der Waals surface area (Å²) < 4.78 is 0. The number of allylic oxidation sites excluding steroid dienone is 6. The van der Waals surface area contributed by atoms with E-state index in [1.54, 1.807) is 0 Å². The summed E-state index contributed by atoms with van der Waals surface area (Å²) in [6.45, 7) is 2.02. The molecule has 0 saturated heterocycles. The number of aryl methyl sites for hydroxylation is 1. The quantitative estimate of drug-likeness (QED) is 0.651. The number of pyridine rings is 1. The molecule has 0 fully saturated rings. The summed E-state index contributed by atoms with van der Waals surface area (Å²) >= 11 is 0. The molecule has 1 aromatic heterocycles. The minimum absolute atomic E-state index is 0.962. The number of nitrogens with zero attached hydrogens (tertiary/aromatic N) is 1. The van der Waals surface area contributed by atoms with E-state index in [0.29, 0.717) is 0 Å². The third-order valence-electron chi connectivity index (χ3n) is 2.21. The average Bonchev–Trinajstić information content (AvgIpc) is 2.45. The average molecular weight is 183 g/mol. The Morgan fingerprint density at radius 3 is 2.93 bits per heavy atom. The van der Waals surface area contributed by atoms with Crippen molar-refractivity contribution in [3.05, 3.63) is 60.0 Å². The zero-order chi connectivity index (χ0) is 9.80. The normalized spacial score (nSPS) is 15.1. The van der Waals surface area contributed by atoms with Crippen LogP contribution >= 0.6 is 0 Å². The second-order valence-corrected chi connectivity index (χ2v) is 3.37. The summed E-state index contributed by atoms with van der Waals surface area (Å²) in [4.78, 5) is 4.50. The zero-order valence-electron chi connectivity index (χ0n) is 8.27. The van der Waals surface area contributed by atoms with Gasteiger partial charge in [0.2, 0.25) is 0 Å². The van der Waals surface area contributed by atoms with Gasteiger partial charge < -0.3 is 0 Å². The molecule has 1 heteroatoms. The van der Waals surface area contributed by atoms with Gasteiger partial charge in [-0.25, -0.2) is 0 Å². The van der Waals surface area contributed by atoms with E-state index in [4.69, 9.17) is 0 Å². The monoisotopic (exact) mass is 183 g/mol. The van der Waals surface area contributed by atoms with Crippen LogP contribution in [0.2, 0.25) is 0 Å². The van der Waals surface area contributed by atoms with Crippen LogP contribution in [-0.4, -0.2) is 4.98 Å². The van der Waals surface area contributed by atoms with Crippen molar-refractivity contribution in [1.82, 2.24) is 4.98 Å². The van der Waals surface area contributed by atoms with Crippen LogP contribution in [0.3, 0.4) is 0 Å². The van der Waals surface area contributed by atoms with Gasteiger partial charge in [0.15, 0.2) is 0 Å². The van der Waals surface area contributed by atoms with E-state index in [-0.39, 0.29) is 0 Å². The maximum Gasteiger partial charge on any atom is 0.0667 e. The van der Waals surface area contributed by atoms with Crippen molar-refractivity contribution in [2.45, 2.75) is 13.3 Å². The first-order chi connectivity index (χ1) is 6.86. The van der Waals surface area contributed by atoms with Crippen LogP contribution in [0.25, 0.3) is 5.57 Å². The highest BCUT2D eigenvalue weighted by atomic mass is 14.7. The number of hydrogen-bond acceptors (Lipinski definition) is 1. The van der Waals surface area contributed by atoms with Crippen molar-refractivity contribution in [2.24, 2.45) is 0 Å². The van der Waals surface area contributed by atoms with Crippen LogP contribution in [0.15, 0.2) is 48.6 Å². The van der Waals surface area contributed by atoms with Gasteiger partial charge >= 0.3 is 0 Å². The lowest BCUT2D eigenvalue weighted by Gasteiger charge is -2.03. The molecular weight excluding hydrogens is 170 g/mol. The fourth-order valence-corrected chi connectivity index (χ4v) is 1.49. The minimum Gasteiger partial charge on any atom is -0.253 e. The van der Waals surface area contributed by atoms with E-state index in [0.717, 1.165) is 17.8 Å². The molecular formula is C13H13N. The van der Waals surface area contributed by atoms with Crippen LogP contribution in [0, 0.1) is 6.92 Å². The molecule has 1 nitrogen and oxygen atoms in total. The second-order valence-electron chi connectivity index (χ2n) is 3.37. The van der Waals surface area contributed by atoms with Gasteiger partial charge in [-0.15, -0.1) is 0 Å². The molecule has 0 aliphatic heterocycles. The Bertz CT molecular complexity index is 411. The van der Waals surface area contributed by atoms with Crippen LogP contribution in [-0.2, 0) is 0 Å². The van der Waals surface area contributed by atoms with Gasteiger partial charge in [-0.2, -0.15) is 0 Å². The largest absolute Gasteiger partial charge is 0.253 e. The van der Waals surface area contributed by atoms with Crippen LogP contribution in [0.5, 0.6) is 0 Å². The SMILES string of the molecule is Cc1cccc(C2=CC=CC=CC2)n1. The Kier molecular flexibility index (Phi) is 2.59. The van der Waals surface area contributed by atoms with E-state index < -0.39 is 0 Å². The molecule has 0 atom stereocenters. The molecule has 0 bridgehead atoms. The van der Waals surface area contributed by atoms with Crippen molar-refractivity contribution in [3.8, 4) is 0 Å². The fourth-order valence-electron chi connectivity index (χ4n) is 1.49. The number of aromatic nitrogens is 1. The molecule has 0 aromatic carbocycles. The second kappa shape index (κ2) is 4.05. The Labute approximate surface area is 84.5 Å². The summed E-state index contributed by atoms with van der Waals surface area (Å²) in [5.74, 6) is 0. The molecule has 0 amide bonds. The maximum atomic E-state index is 4.50. The van der Waals surface area contributed by atoms with Gasteiger partial charge in [-0.1, -0.05) is 36.4 Å². The van der Waals surface area contributed by atoms with E-state index in [1.807, 2.05) is 19.1 Å². The van der Waals surface area contributed by atoms with Crippen LogP contribution in [0.4, 0.5) is 0 Å². The fraction of sp³-hybridized carbons (Fsp3) is 0.154. The van der Waals surface area contributed by atoms with E-state index in [1.165, 1.54) is 5.57 Å². The van der Waals surface area contributed by atoms with E-state index in [2.05, 4.69) is 41.4 Å². The smallest absolute Gasteiger partial charge is 0.0667 e. The first kappa shape index (κ1) is 8.95. The summed E-state index contributed by atoms with van der Waals surface area (Å²) in [6.07, 6.45) is 11.4.